The molecule has 4 N–H and O–H groups in total. The Morgan fingerprint density at radius 3 is 2.65 bits per heavy atom. The third-order valence-corrected chi connectivity index (χ3v) is 2.16. The third kappa shape index (κ3) is 4.32. The van der Waals surface area contributed by atoms with Crippen LogP contribution in [-0.2, 0) is 11.2 Å². The van der Waals surface area contributed by atoms with E-state index in [4.69, 9.17) is 20.9 Å². The molecule has 1 atom stereocenters. The second-order valence-electron chi connectivity index (χ2n) is 3.92. The number of hydrogen-bond acceptors (Lipinski definition) is 4. The highest BCUT2D eigenvalue weighted by molar-refractivity contribution is 5.75. The van der Waals surface area contributed by atoms with Crippen LogP contribution in [0.2, 0.25) is 0 Å². The van der Waals surface area contributed by atoms with E-state index in [1.54, 1.807) is 13.2 Å². The summed E-state index contributed by atoms with van der Waals surface area (Å²) < 4.78 is 10.4. The first-order valence-electron chi connectivity index (χ1n) is 5.36. The Labute approximate surface area is 101 Å². The standard InChI is InChI=1S/C12H18N2O3/c1-8(13)5-9-3-4-10(11(6-9)16-2)17-7-12(14)15/h3-4,6,8H,5,7,13H2,1-2H3,(H2,14,15). The number of carbonyl (C=O) groups excluding carboxylic acids is 1. The summed E-state index contributed by atoms with van der Waals surface area (Å²) in [4.78, 5) is 10.6. The van der Waals surface area contributed by atoms with Crippen molar-refractivity contribution in [2.45, 2.75) is 19.4 Å². The van der Waals surface area contributed by atoms with E-state index in [0.29, 0.717) is 11.5 Å². The quantitative estimate of drug-likeness (QED) is 0.753. The molecule has 0 aliphatic heterocycles. The number of methoxy groups -OCH3 is 1. The van der Waals surface area contributed by atoms with Crippen molar-refractivity contribution >= 4 is 5.91 Å². The minimum atomic E-state index is -0.522. The van der Waals surface area contributed by atoms with E-state index in [2.05, 4.69) is 0 Å². The molecule has 0 fully saturated rings. The molecule has 1 rings (SSSR count). The van der Waals surface area contributed by atoms with Crippen LogP contribution in [0.25, 0.3) is 0 Å². The molecule has 0 saturated carbocycles. The maximum absolute atomic E-state index is 10.6. The number of rotatable bonds is 6. The minimum absolute atomic E-state index is 0.0806. The highest BCUT2D eigenvalue weighted by Crippen LogP contribution is 2.28. The number of ether oxygens (including phenoxy) is 2. The van der Waals surface area contributed by atoms with Crippen molar-refractivity contribution < 1.29 is 14.3 Å². The van der Waals surface area contributed by atoms with Crippen molar-refractivity contribution in [1.82, 2.24) is 0 Å². The lowest BCUT2D eigenvalue weighted by Gasteiger charge is -2.12. The van der Waals surface area contributed by atoms with Gasteiger partial charge in [0, 0.05) is 6.04 Å². The molecule has 5 heteroatoms. The molecule has 1 aromatic rings. The Hall–Kier alpha value is -1.75. The van der Waals surface area contributed by atoms with E-state index in [1.807, 2.05) is 19.1 Å². The normalized spacial score (nSPS) is 11.9. The van der Waals surface area contributed by atoms with Gasteiger partial charge in [0.1, 0.15) is 0 Å². The van der Waals surface area contributed by atoms with Gasteiger partial charge in [-0.15, -0.1) is 0 Å². The fourth-order valence-electron chi connectivity index (χ4n) is 1.48. The molecule has 0 aromatic heterocycles. The number of amides is 1. The molecule has 94 valence electrons. The van der Waals surface area contributed by atoms with Crippen LogP contribution < -0.4 is 20.9 Å². The van der Waals surface area contributed by atoms with Crippen LogP contribution in [0.5, 0.6) is 11.5 Å². The van der Waals surface area contributed by atoms with Gasteiger partial charge in [0.25, 0.3) is 5.91 Å². The van der Waals surface area contributed by atoms with Gasteiger partial charge in [0.05, 0.1) is 7.11 Å². The Balaban J connectivity index is 2.81. The van der Waals surface area contributed by atoms with Gasteiger partial charge >= 0.3 is 0 Å². The Bertz CT molecular complexity index is 391. The molecule has 5 nitrogen and oxygen atoms in total. The molecule has 0 saturated heterocycles. The summed E-state index contributed by atoms with van der Waals surface area (Å²) >= 11 is 0. The monoisotopic (exact) mass is 238 g/mol. The van der Waals surface area contributed by atoms with Gasteiger partial charge in [0.15, 0.2) is 18.1 Å². The van der Waals surface area contributed by atoms with Crippen LogP contribution >= 0.6 is 0 Å². The average Bonchev–Trinajstić information content (AvgIpc) is 2.26. The molecule has 1 unspecified atom stereocenters. The van der Waals surface area contributed by atoms with Crippen LogP contribution in [-0.4, -0.2) is 25.7 Å². The molecule has 0 heterocycles. The van der Waals surface area contributed by atoms with Crippen LogP contribution in [0.15, 0.2) is 18.2 Å². The molecular formula is C12H18N2O3. The zero-order chi connectivity index (χ0) is 12.8. The summed E-state index contributed by atoms with van der Waals surface area (Å²) in [5.41, 5.74) is 11.8. The average molecular weight is 238 g/mol. The number of benzene rings is 1. The Morgan fingerprint density at radius 2 is 2.12 bits per heavy atom. The van der Waals surface area contributed by atoms with E-state index >= 15 is 0 Å². The summed E-state index contributed by atoms with van der Waals surface area (Å²) in [6, 6.07) is 5.57. The predicted molar refractivity (Wildman–Crippen MR) is 65.0 cm³/mol. The summed E-state index contributed by atoms with van der Waals surface area (Å²) in [7, 11) is 1.54. The molecule has 1 aromatic carbocycles. The van der Waals surface area contributed by atoms with Crippen LogP contribution in [0.1, 0.15) is 12.5 Å². The molecule has 0 spiro atoms. The SMILES string of the molecule is COc1cc(CC(C)N)ccc1OCC(N)=O. The first-order chi connectivity index (χ1) is 8.02. The molecular weight excluding hydrogens is 220 g/mol. The molecule has 0 aliphatic carbocycles. The molecule has 0 aliphatic rings. The van der Waals surface area contributed by atoms with Gasteiger partial charge in [-0.2, -0.15) is 0 Å². The maximum atomic E-state index is 10.6. The number of primary amides is 1. The predicted octanol–water partition coefficient (Wildman–Crippen LogP) is 0.449. The molecule has 0 radical (unpaired) electrons. The van der Waals surface area contributed by atoms with Crippen molar-refractivity contribution in [3.63, 3.8) is 0 Å². The van der Waals surface area contributed by atoms with Gasteiger partial charge < -0.3 is 20.9 Å². The first kappa shape index (κ1) is 13.3. The summed E-state index contributed by atoms with van der Waals surface area (Å²) in [5, 5.41) is 0. The van der Waals surface area contributed by atoms with E-state index in [-0.39, 0.29) is 12.6 Å². The smallest absolute Gasteiger partial charge is 0.255 e. The second-order valence-corrected chi connectivity index (χ2v) is 3.92. The van der Waals surface area contributed by atoms with Crippen LogP contribution in [0.4, 0.5) is 0 Å². The van der Waals surface area contributed by atoms with Crippen LogP contribution in [0.3, 0.4) is 0 Å². The first-order valence-corrected chi connectivity index (χ1v) is 5.36. The van der Waals surface area contributed by atoms with Gasteiger partial charge in [-0.3, -0.25) is 4.79 Å². The zero-order valence-corrected chi connectivity index (χ0v) is 10.1. The van der Waals surface area contributed by atoms with Crippen molar-refractivity contribution in [3.05, 3.63) is 23.8 Å². The highest BCUT2D eigenvalue weighted by atomic mass is 16.5. The lowest BCUT2D eigenvalue weighted by molar-refractivity contribution is -0.119. The van der Waals surface area contributed by atoms with E-state index < -0.39 is 5.91 Å². The van der Waals surface area contributed by atoms with Gasteiger partial charge in [0.2, 0.25) is 0 Å². The summed E-state index contributed by atoms with van der Waals surface area (Å²) in [6.07, 6.45) is 0.756. The molecule has 1 amide bonds. The fraction of sp³-hybridized carbons (Fsp3) is 0.417. The Kier molecular flexibility index (Phi) is 4.78. The summed E-state index contributed by atoms with van der Waals surface area (Å²) in [5.74, 6) is 0.552. The lowest BCUT2D eigenvalue weighted by Crippen LogP contribution is -2.20. The second kappa shape index (κ2) is 6.10. The van der Waals surface area contributed by atoms with Gasteiger partial charge in [-0.25, -0.2) is 0 Å². The maximum Gasteiger partial charge on any atom is 0.255 e. The Morgan fingerprint density at radius 1 is 1.41 bits per heavy atom. The minimum Gasteiger partial charge on any atom is -0.493 e. The topological polar surface area (TPSA) is 87.6 Å². The van der Waals surface area contributed by atoms with E-state index in [9.17, 15) is 4.79 Å². The van der Waals surface area contributed by atoms with Crippen molar-refractivity contribution in [2.24, 2.45) is 11.5 Å². The van der Waals surface area contributed by atoms with E-state index in [1.165, 1.54) is 0 Å². The van der Waals surface area contributed by atoms with Crippen molar-refractivity contribution in [3.8, 4) is 11.5 Å². The number of carbonyl (C=O) groups is 1. The van der Waals surface area contributed by atoms with Gasteiger partial charge in [-0.05, 0) is 31.0 Å². The molecule has 17 heavy (non-hydrogen) atoms. The van der Waals surface area contributed by atoms with Gasteiger partial charge in [-0.1, -0.05) is 6.07 Å². The molecule has 0 bridgehead atoms. The largest absolute Gasteiger partial charge is 0.493 e. The summed E-state index contributed by atoms with van der Waals surface area (Å²) in [6.45, 7) is 1.77. The highest BCUT2D eigenvalue weighted by Gasteiger charge is 2.08. The number of nitrogens with two attached hydrogens (primary N) is 2. The number of hydrogen-bond donors (Lipinski definition) is 2. The third-order valence-electron chi connectivity index (χ3n) is 2.16. The van der Waals surface area contributed by atoms with Crippen molar-refractivity contribution in [1.29, 1.82) is 0 Å². The van der Waals surface area contributed by atoms with Crippen LogP contribution in [0, 0.1) is 0 Å². The zero-order valence-electron chi connectivity index (χ0n) is 10.1. The lowest BCUT2D eigenvalue weighted by atomic mass is 10.1. The van der Waals surface area contributed by atoms with E-state index in [0.717, 1.165) is 12.0 Å². The fourth-order valence-corrected chi connectivity index (χ4v) is 1.48. The van der Waals surface area contributed by atoms with Crippen molar-refractivity contribution in [2.75, 3.05) is 13.7 Å².